The lowest BCUT2D eigenvalue weighted by molar-refractivity contribution is 0.492. The highest BCUT2D eigenvalue weighted by Crippen LogP contribution is 2.22. The van der Waals surface area contributed by atoms with Gasteiger partial charge in [0.05, 0.1) is 11.8 Å². The van der Waals surface area contributed by atoms with E-state index in [2.05, 4.69) is 30.6 Å². The largest absolute Gasteiger partial charge is 0.119 e. The van der Waals surface area contributed by atoms with Gasteiger partial charge in [-0.15, -0.1) is 6.42 Å². The lowest BCUT2D eigenvalue weighted by Gasteiger charge is -2.15. The van der Waals surface area contributed by atoms with Crippen molar-refractivity contribution in [1.82, 2.24) is 0 Å². The van der Waals surface area contributed by atoms with Gasteiger partial charge in [-0.3, -0.25) is 0 Å². The second-order valence-corrected chi connectivity index (χ2v) is 3.95. The zero-order chi connectivity index (χ0) is 11.6. The fraction of sp³-hybridized carbons (Fsp3) is 0.600. The molecule has 0 spiro atoms. The molecule has 0 heteroatoms. The minimum atomic E-state index is -0.398. The van der Waals surface area contributed by atoms with Crippen molar-refractivity contribution in [2.24, 2.45) is 5.41 Å². The van der Waals surface area contributed by atoms with Gasteiger partial charge in [-0.05, 0) is 19.8 Å². The number of unbranched alkanes of at least 4 members (excludes halogenated alkanes) is 3. The molecule has 0 aromatic carbocycles. The summed E-state index contributed by atoms with van der Waals surface area (Å²) < 4.78 is 0. The Hall–Kier alpha value is -1.32. The Labute approximate surface area is 94.8 Å². The molecule has 0 N–H and O–H groups in total. The first-order valence-corrected chi connectivity index (χ1v) is 5.56. The van der Waals surface area contributed by atoms with Gasteiger partial charge in [0.15, 0.2) is 0 Å². The lowest BCUT2D eigenvalue weighted by Crippen LogP contribution is -2.10. The van der Waals surface area contributed by atoms with Crippen LogP contribution in [0.25, 0.3) is 0 Å². The molecule has 0 nitrogen and oxygen atoms in total. The molecule has 0 aromatic rings. The van der Waals surface area contributed by atoms with Gasteiger partial charge in [0.2, 0.25) is 0 Å². The predicted molar refractivity (Wildman–Crippen MR) is 65.2 cm³/mol. The molecule has 0 aliphatic carbocycles. The zero-order valence-corrected chi connectivity index (χ0v) is 9.82. The summed E-state index contributed by atoms with van der Waals surface area (Å²) >= 11 is 0. The SMILES string of the molecule is [C]#CC(C)(C#CCC#C)CCCCCC. The molecule has 15 heavy (non-hydrogen) atoms. The molecule has 0 aliphatic heterocycles. The Morgan fingerprint density at radius 1 is 1.27 bits per heavy atom. The van der Waals surface area contributed by atoms with Crippen molar-refractivity contribution in [3.05, 3.63) is 6.42 Å². The lowest BCUT2D eigenvalue weighted by atomic mass is 9.86. The molecule has 0 fully saturated rings. The maximum atomic E-state index is 7.27. The molecule has 0 saturated heterocycles. The van der Waals surface area contributed by atoms with E-state index in [9.17, 15) is 0 Å². The van der Waals surface area contributed by atoms with Gasteiger partial charge in [-0.25, -0.2) is 0 Å². The standard InChI is InChI=1S/C15H19/c1-5-8-10-12-14-15(4,7-3)13-11-9-6-2/h2H,5,8-10,12,14H2,1,4H3. The van der Waals surface area contributed by atoms with Crippen LogP contribution in [0.15, 0.2) is 0 Å². The molecule has 0 amide bonds. The van der Waals surface area contributed by atoms with Crippen LogP contribution >= 0.6 is 0 Å². The third-order valence-electron chi connectivity index (χ3n) is 2.36. The summed E-state index contributed by atoms with van der Waals surface area (Å²) in [6.07, 6.45) is 18.6. The van der Waals surface area contributed by atoms with Crippen LogP contribution in [-0.2, 0) is 0 Å². The van der Waals surface area contributed by atoms with Crippen LogP contribution in [0.1, 0.15) is 52.4 Å². The summed E-state index contributed by atoms with van der Waals surface area (Å²) in [5.41, 5.74) is -0.398. The van der Waals surface area contributed by atoms with Crippen LogP contribution < -0.4 is 0 Å². The molecular weight excluding hydrogens is 180 g/mol. The Morgan fingerprint density at radius 3 is 2.53 bits per heavy atom. The third-order valence-corrected chi connectivity index (χ3v) is 2.36. The van der Waals surface area contributed by atoms with Crippen molar-refractivity contribution >= 4 is 0 Å². The van der Waals surface area contributed by atoms with Crippen LogP contribution in [-0.4, -0.2) is 0 Å². The molecule has 0 bridgehead atoms. The van der Waals surface area contributed by atoms with E-state index in [-0.39, 0.29) is 0 Å². The van der Waals surface area contributed by atoms with Crippen molar-refractivity contribution in [3.63, 3.8) is 0 Å². The molecule has 0 aliphatic rings. The Morgan fingerprint density at radius 2 is 2.00 bits per heavy atom. The molecular formula is C15H19. The van der Waals surface area contributed by atoms with E-state index in [4.69, 9.17) is 12.8 Å². The van der Waals surface area contributed by atoms with Gasteiger partial charge >= 0.3 is 0 Å². The van der Waals surface area contributed by atoms with E-state index < -0.39 is 5.41 Å². The Balaban J connectivity index is 4.06. The molecule has 79 valence electrons. The highest BCUT2D eigenvalue weighted by molar-refractivity contribution is 5.22. The second kappa shape index (κ2) is 8.03. The van der Waals surface area contributed by atoms with Crippen molar-refractivity contribution < 1.29 is 0 Å². The van der Waals surface area contributed by atoms with Crippen molar-refractivity contribution in [1.29, 1.82) is 0 Å². The fourth-order valence-electron chi connectivity index (χ4n) is 1.35. The van der Waals surface area contributed by atoms with E-state index in [1.165, 1.54) is 19.3 Å². The second-order valence-electron chi connectivity index (χ2n) is 3.95. The van der Waals surface area contributed by atoms with Crippen LogP contribution in [0.5, 0.6) is 0 Å². The van der Waals surface area contributed by atoms with Crippen molar-refractivity contribution in [3.8, 4) is 30.1 Å². The van der Waals surface area contributed by atoms with Gasteiger partial charge in [0.1, 0.15) is 0 Å². The molecule has 1 unspecified atom stereocenters. The normalized spacial score (nSPS) is 12.8. The number of rotatable bonds is 5. The van der Waals surface area contributed by atoms with E-state index >= 15 is 0 Å². The van der Waals surface area contributed by atoms with Crippen molar-refractivity contribution in [2.75, 3.05) is 0 Å². The molecule has 0 heterocycles. The van der Waals surface area contributed by atoms with E-state index in [0.29, 0.717) is 6.42 Å². The smallest absolute Gasteiger partial charge is 0.0901 e. The number of hydrogen-bond donors (Lipinski definition) is 0. The molecule has 1 atom stereocenters. The monoisotopic (exact) mass is 199 g/mol. The van der Waals surface area contributed by atoms with Gasteiger partial charge in [-0.1, -0.05) is 56.3 Å². The number of terminal acetylenes is 1. The summed E-state index contributed by atoms with van der Waals surface area (Å²) in [5, 5.41) is 0. The molecule has 1 radical (unpaired) electrons. The number of hydrogen-bond acceptors (Lipinski definition) is 0. The Kier molecular flexibility index (Phi) is 7.32. The average molecular weight is 199 g/mol. The summed E-state index contributed by atoms with van der Waals surface area (Å²) in [6.45, 7) is 4.14. The first-order chi connectivity index (χ1) is 7.18. The highest BCUT2D eigenvalue weighted by Gasteiger charge is 2.17. The van der Waals surface area contributed by atoms with Gasteiger partial charge < -0.3 is 0 Å². The maximum Gasteiger partial charge on any atom is 0.0901 e. The first kappa shape index (κ1) is 13.7. The summed E-state index contributed by atoms with van der Waals surface area (Å²) in [5.74, 6) is 10.9. The van der Waals surface area contributed by atoms with Crippen LogP contribution in [0.3, 0.4) is 0 Å². The Bertz CT molecular complexity index is 300. The van der Waals surface area contributed by atoms with Crippen LogP contribution in [0, 0.1) is 41.9 Å². The minimum Gasteiger partial charge on any atom is -0.119 e. The first-order valence-electron chi connectivity index (χ1n) is 5.56. The molecule has 0 rings (SSSR count). The van der Waals surface area contributed by atoms with Crippen LogP contribution in [0.4, 0.5) is 0 Å². The minimum absolute atomic E-state index is 0.398. The molecule has 0 aromatic heterocycles. The predicted octanol–water partition coefficient (Wildman–Crippen LogP) is 3.58. The van der Waals surface area contributed by atoms with E-state index in [0.717, 1.165) is 12.8 Å². The highest BCUT2D eigenvalue weighted by atomic mass is 14.2. The van der Waals surface area contributed by atoms with Gasteiger partial charge in [-0.2, -0.15) is 0 Å². The van der Waals surface area contributed by atoms with Crippen molar-refractivity contribution in [2.45, 2.75) is 52.4 Å². The third kappa shape index (κ3) is 6.71. The van der Waals surface area contributed by atoms with E-state index in [1.807, 2.05) is 6.92 Å². The average Bonchev–Trinajstić information content (AvgIpc) is 2.25. The summed E-state index contributed by atoms with van der Waals surface area (Å²) in [6, 6.07) is 0. The summed E-state index contributed by atoms with van der Waals surface area (Å²) in [7, 11) is 0. The molecule has 0 saturated carbocycles. The fourth-order valence-corrected chi connectivity index (χ4v) is 1.35. The van der Waals surface area contributed by atoms with E-state index in [1.54, 1.807) is 0 Å². The van der Waals surface area contributed by atoms with Crippen LogP contribution in [0.2, 0.25) is 0 Å². The quantitative estimate of drug-likeness (QED) is 0.469. The van der Waals surface area contributed by atoms with Gasteiger partial charge in [0.25, 0.3) is 0 Å². The topological polar surface area (TPSA) is 0 Å². The summed E-state index contributed by atoms with van der Waals surface area (Å²) in [4.78, 5) is 0. The zero-order valence-electron chi connectivity index (χ0n) is 9.82. The maximum absolute atomic E-state index is 7.27. The van der Waals surface area contributed by atoms with Gasteiger partial charge in [0, 0.05) is 0 Å².